The molecule has 116 valence electrons. The number of fused-ring (bicyclic) bond motifs is 3. The minimum atomic E-state index is 0.0318. The third-order valence-electron chi connectivity index (χ3n) is 4.26. The highest BCUT2D eigenvalue weighted by Gasteiger charge is 2.21. The van der Waals surface area contributed by atoms with E-state index in [1.807, 2.05) is 11.3 Å². The van der Waals surface area contributed by atoms with Gasteiger partial charge in [0.25, 0.3) is 0 Å². The van der Waals surface area contributed by atoms with Crippen LogP contribution in [0.3, 0.4) is 0 Å². The molecule has 0 radical (unpaired) electrons. The zero-order chi connectivity index (χ0) is 16.1. The lowest BCUT2D eigenvalue weighted by molar-refractivity contribution is 0.591. The van der Waals surface area contributed by atoms with Gasteiger partial charge in [0.2, 0.25) is 0 Å². The Bertz CT molecular complexity index is 835. The third-order valence-corrected chi connectivity index (χ3v) is 7.44. The van der Waals surface area contributed by atoms with E-state index >= 15 is 0 Å². The molecule has 0 amide bonds. The largest absolute Gasteiger partial charge is 0.135 e. The molecule has 0 saturated heterocycles. The predicted octanol–water partition coefficient (Wildman–Crippen LogP) is 7.17. The molecule has 1 aromatic heterocycles. The van der Waals surface area contributed by atoms with E-state index in [9.17, 15) is 0 Å². The van der Waals surface area contributed by atoms with E-state index in [1.54, 1.807) is 10.8 Å². The van der Waals surface area contributed by atoms with E-state index in [0.717, 1.165) is 0 Å². The molecule has 22 heavy (non-hydrogen) atoms. The van der Waals surface area contributed by atoms with Gasteiger partial charge in [0.15, 0.2) is 0 Å². The van der Waals surface area contributed by atoms with Crippen LogP contribution in [0.25, 0.3) is 20.2 Å². The standard InChI is InChI=1S/C19H22S3/c1-18(2,3)12-6-8-14-15-9-7-13(19(4,5)22-20)11-17(15)21-16(14)10-12/h6-11,20H,1-5H3. The third kappa shape index (κ3) is 2.79. The van der Waals surface area contributed by atoms with Gasteiger partial charge in [-0.2, -0.15) is 0 Å². The fourth-order valence-corrected chi connectivity index (χ4v) is 4.40. The quantitative estimate of drug-likeness (QED) is 0.379. The molecule has 1 heterocycles. The monoisotopic (exact) mass is 346 g/mol. The van der Waals surface area contributed by atoms with Crippen molar-refractivity contribution in [1.82, 2.24) is 0 Å². The highest BCUT2D eigenvalue weighted by atomic mass is 33.1. The van der Waals surface area contributed by atoms with Crippen LogP contribution >= 0.6 is 33.8 Å². The Hall–Kier alpha value is -0.640. The molecule has 0 bridgehead atoms. The Morgan fingerprint density at radius 2 is 1.32 bits per heavy atom. The minimum absolute atomic E-state index is 0.0318. The summed E-state index contributed by atoms with van der Waals surface area (Å²) >= 11 is 6.32. The van der Waals surface area contributed by atoms with E-state index in [1.165, 1.54) is 31.3 Å². The summed E-state index contributed by atoms with van der Waals surface area (Å²) in [5, 5.41) is 2.74. The minimum Gasteiger partial charge on any atom is -0.135 e. The summed E-state index contributed by atoms with van der Waals surface area (Å²) in [4.78, 5) is 0. The fraction of sp³-hybridized carbons (Fsp3) is 0.368. The first kappa shape index (κ1) is 16.2. The molecule has 0 aliphatic rings. The van der Waals surface area contributed by atoms with Crippen molar-refractivity contribution >= 4 is 54.0 Å². The lowest BCUT2D eigenvalue weighted by atomic mass is 9.87. The van der Waals surface area contributed by atoms with Gasteiger partial charge in [-0.1, -0.05) is 55.8 Å². The molecular formula is C19H22S3. The Kier molecular flexibility index (Phi) is 4.03. The highest BCUT2D eigenvalue weighted by molar-refractivity contribution is 8.69. The van der Waals surface area contributed by atoms with Crippen LogP contribution in [0.1, 0.15) is 45.7 Å². The molecule has 0 unspecified atom stereocenters. The Labute approximate surface area is 146 Å². The summed E-state index contributed by atoms with van der Waals surface area (Å²) in [6, 6.07) is 13.8. The molecule has 0 atom stereocenters. The van der Waals surface area contributed by atoms with E-state index in [0.29, 0.717) is 0 Å². The first-order valence-electron chi connectivity index (χ1n) is 7.52. The second-order valence-electron chi connectivity index (χ2n) is 7.38. The van der Waals surface area contributed by atoms with Crippen LogP contribution in [0.2, 0.25) is 0 Å². The Morgan fingerprint density at radius 3 is 1.82 bits per heavy atom. The van der Waals surface area contributed by atoms with Crippen molar-refractivity contribution < 1.29 is 0 Å². The fourth-order valence-electron chi connectivity index (χ4n) is 2.67. The first-order valence-corrected chi connectivity index (χ1v) is 10.2. The van der Waals surface area contributed by atoms with Crippen molar-refractivity contribution in [3.05, 3.63) is 47.5 Å². The van der Waals surface area contributed by atoms with Crippen molar-refractivity contribution in [2.75, 3.05) is 0 Å². The van der Waals surface area contributed by atoms with Gasteiger partial charge in [0.05, 0.1) is 0 Å². The molecule has 3 heteroatoms. The maximum absolute atomic E-state index is 4.42. The summed E-state index contributed by atoms with van der Waals surface area (Å²) < 4.78 is 2.79. The molecule has 2 aromatic carbocycles. The van der Waals surface area contributed by atoms with Crippen LogP contribution in [0.5, 0.6) is 0 Å². The van der Waals surface area contributed by atoms with Gasteiger partial charge in [0.1, 0.15) is 0 Å². The van der Waals surface area contributed by atoms with Crippen LogP contribution < -0.4 is 0 Å². The summed E-state index contributed by atoms with van der Waals surface area (Å²) in [5.74, 6) is 0. The smallest absolute Gasteiger partial charge is 0.0453 e. The number of hydrogen-bond donors (Lipinski definition) is 1. The molecule has 3 rings (SSSR count). The lowest BCUT2D eigenvalue weighted by Gasteiger charge is -2.21. The zero-order valence-corrected chi connectivity index (χ0v) is 16.3. The summed E-state index contributed by atoms with van der Waals surface area (Å²) in [5.41, 5.74) is 2.93. The van der Waals surface area contributed by atoms with Crippen molar-refractivity contribution in [3.63, 3.8) is 0 Å². The molecular weight excluding hydrogens is 324 g/mol. The van der Waals surface area contributed by atoms with Gasteiger partial charge in [-0.15, -0.1) is 23.0 Å². The second-order valence-corrected chi connectivity index (χ2v) is 10.2. The Morgan fingerprint density at radius 1 is 0.818 bits per heavy atom. The zero-order valence-electron chi connectivity index (χ0n) is 13.7. The summed E-state index contributed by atoms with van der Waals surface area (Å²) in [6.45, 7) is 11.2. The Balaban J connectivity index is 2.21. The molecule has 0 aliphatic carbocycles. The topological polar surface area (TPSA) is 0 Å². The van der Waals surface area contributed by atoms with Crippen molar-refractivity contribution in [2.45, 2.75) is 44.8 Å². The second kappa shape index (κ2) is 5.47. The van der Waals surface area contributed by atoms with E-state index in [2.05, 4.69) is 82.7 Å². The summed E-state index contributed by atoms with van der Waals surface area (Å²) in [7, 11) is 1.60. The van der Waals surface area contributed by atoms with E-state index in [-0.39, 0.29) is 10.2 Å². The first-order chi connectivity index (χ1) is 10.2. The SMILES string of the molecule is CC(C)(C)c1ccc2c(c1)sc1cc(C(C)(C)SS)ccc12. The van der Waals surface area contributed by atoms with E-state index in [4.69, 9.17) is 0 Å². The number of thiol groups is 1. The highest BCUT2D eigenvalue weighted by Crippen LogP contribution is 2.42. The van der Waals surface area contributed by atoms with Gasteiger partial charge in [-0.25, -0.2) is 0 Å². The van der Waals surface area contributed by atoms with Gasteiger partial charge < -0.3 is 0 Å². The molecule has 0 fully saturated rings. The van der Waals surface area contributed by atoms with Gasteiger partial charge in [0, 0.05) is 24.9 Å². The van der Waals surface area contributed by atoms with Crippen LogP contribution in [-0.2, 0) is 10.2 Å². The normalized spacial score (nSPS) is 13.2. The lowest BCUT2D eigenvalue weighted by Crippen LogP contribution is -2.10. The molecule has 3 aromatic rings. The van der Waals surface area contributed by atoms with Crippen LogP contribution in [-0.4, -0.2) is 0 Å². The maximum atomic E-state index is 4.42. The number of rotatable bonds is 2. The van der Waals surface area contributed by atoms with Gasteiger partial charge in [-0.3, -0.25) is 0 Å². The number of hydrogen-bond acceptors (Lipinski definition) is 3. The van der Waals surface area contributed by atoms with Crippen LogP contribution in [0.15, 0.2) is 36.4 Å². The maximum Gasteiger partial charge on any atom is 0.0453 e. The molecule has 0 spiro atoms. The number of thiophene rings is 1. The van der Waals surface area contributed by atoms with Crippen LogP contribution in [0, 0.1) is 0 Å². The van der Waals surface area contributed by atoms with Crippen molar-refractivity contribution in [3.8, 4) is 0 Å². The van der Waals surface area contributed by atoms with Gasteiger partial charge >= 0.3 is 0 Å². The van der Waals surface area contributed by atoms with Gasteiger partial charge in [-0.05, 0) is 42.5 Å². The molecule has 0 nitrogen and oxygen atoms in total. The van der Waals surface area contributed by atoms with Crippen molar-refractivity contribution in [1.29, 1.82) is 0 Å². The van der Waals surface area contributed by atoms with Crippen molar-refractivity contribution in [2.24, 2.45) is 0 Å². The average molecular weight is 347 g/mol. The molecule has 0 N–H and O–H groups in total. The molecule has 0 saturated carbocycles. The molecule has 0 aliphatic heterocycles. The van der Waals surface area contributed by atoms with E-state index < -0.39 is 0 Å². The van der Waals surface area contributed by atoms with Crippen LogP contribution in [0.4, 0.5) is 0 Å². The predicted molar refractivity (Wildman–Crippen MR) is 108 cm³/mol. The summed E-state index contributed by atoms with van der Waals surface area (Å²) in [6.07, 6.45) is 0. The average Bonchev–Trinajstić information content (AvgIpc) is 2.82. The number of benzene rings is 2.